The molecule has 0 atom stereocenters. The minimum Gasteiger partial charge on any atom is -0.423 e. The van der Waals surface area contributed by atoms with Crippen LogP contribution >= 0.6 is 22.9 Å². The molecule has 0 aliphatic carbocycles. The predicted molar refractivity (Wildman–Crippen MR) is 124 cm³/mol. The number of aromatic nitrogens is 2. The van der Waals surface area contributed by atoms with Gasteiger partial charge in [-0.15, -0.1) is 11.3 Å². The molecule has 0 spiro atoms. The fraction of sp³-hybridized carbons (Fsp3) is 0.0833. The van der Waals surface area contributed by atoms with E-state index in [0.29, 0.717) is 5.75 Å². The quantitative estimate of drug-likeness (QED) is 0.208. The number of H-pyrrole nitrogens is 1. The van der Waals surface area contributed by atoms with Crippen molar-refractivity contribution in [3.8, 4) is 5.75 Å². The summed E-state index contributed by atoms with van der Waals surface area (Å²) in [5.41, 5.74) is 5.78. The molecule has 2 aromatic heterocycles. The summed E-state index contributed by atoms with van der Waals surface area (Å²) in [7, 11) is 0. The number of aromatic amines is 1. The van der Waals surface area contributed by atoms with Gasteiger partial charge in [0.05, 0.1) is 11.7 Å². The minimum atomic E-state index is -0.501. The van der Waals surface area contributed by atoms with Gasteiger partial charge in [-0.25, -0.2) is 4.79 Å². The van der Waals surface area contributed by atoms with Gasteiger partial charge in [0.2, 0.25) is 0 Å². The molecule has 0 fully saturated rings. The molecule has 4 aromatic rings. The van der Waals surface area contributed by atoms with Crippen molar-refractivity contribution < 1.29 is 9.53 Å². The number of ether oxygens (including phenoxy) is 1. The van der Waals surface area contributed by atoms with Crippen molar-refractivity contribution in [3.63, 3.8) is 0 Å². The summed E-state index contributed by atoms with van der Waals surface area (Å²) in [4.78, 5) is 12.0. The van der Waals surface area contributed by atoms with E-state index in [-0.39, 0.29) is 0 Å². The molecule has 2 heterocycles. The molecular weight excluding hydrogens is 416 g/mol. The van der Waals surface area contributed by atoms with Crippen LogP contribution in [-0.4, -0.2) is 16.2 Å². The Balaban J connectivity index is 2.02. The van der Waals surface area contributed by atoms with Crippen LogP contribution in [0.2, 0.25) is 4.34 Å². The fourth-order valence-corrected chi connectivity index (χ4v) is 4.49. The Morgan fingerprint density at radius 1 is 1.23 bits per heavy atom. The van der Waals surface area contributed by atoms with E-state index >= 15 is 0 Å². The Morgan fingerprint density at radius 3 is 2.80 bits per heavy atom. The first-order chi connectivity index (χ1) is 14.6. The van der Waals surface area contributed by atoms with E-state index in [1.807, 2.05) is 41.8 Å². The molecule has 4 nitrogen and oxygen atoms in total. The van der Waals surface area contributed by atoms with Crippen molar-refractivity contribution in [1.29, 1.82) is 0 Å². The first-order valence-electron chi connectivity index (χ1n) is 9.46. The van der Waals surface area contributed by atoms with Gasteiger partial charge in [-0.05, 0) is 52.8 Å². The van der Waals surface area contributed by atoms with E-state index in [1.54, 1.807) is 12.3 Å². The maximum atomic E-state index is 12.0. The number of benzene rings is 2. The highest BCUT2D eigenvalue weighted by molar-refractivity contribution is 7.14. The number of thiophene rings is 1. The second-order valence-corrected chi connectivity index (χ2v) is 8.13. The number of carbonyl (C=O) groups excluding carboxylic acids is 1. The number of fused-ring (bicyclic) bond motifs is 1. The van der Waals surface area contributed by atoms with Crippen molar-refractivity contribution in [2.24, 2.45) is 0 Å². The molecule has 30 heavy (non-hydrogen) atoms. The SMILES string of the molecule is C=CC(=O)Oc1ccccc1/C(=C(\CC)c1ccsc1Cl)c1ccc2[nH]ncc2c1. The highest BCUT2D eigenvalue weighted by atomic mass is 35.5. The summed E-state index contributed by atoms with van der Waals surface area (Å²) in [6, 6.07) is 15.7. The Bertz CT molecular complexity index is 1270. The van der Waals surface area contributed by atoms with Crippen molar-refractivity contribution in [3.05, 3.63) is 93.8 Å². The van der Waals surface area contributed by atoms with Crippen molar-refractivity contribution >= 4 is 51.0 Å². The van der Waals surface area contributed by atoms with Gasteiger partial charge >= 0.3 is 5.97 Å². The number of carbonyl (C=O) groups is 1. The fourth-order valence-electron chi connectivity index (χ4n) is 3.51. The van der Waals surface area contributed by atoms with Crippen LogP contribution in [0.4, 0.5) is 0 Å². The molecule has 0 saturated carbocycles. The monoisotopic (exact) mass is 434 g/mol. The van der Waals surface area contributed by atoms with Gasteiger partial charge in [0.25, 0.3) is 0 Å². The molecule has 0 amide bonds. The van der Waals surface area contributed by atoms with Crippen LogP contribution in [0.3, 0.4) is 0 Å². The largest absolute Gasteiger partial charge is 0.423 e. The topological polar surface area (TPSA) is 55.0 Å². The van der Waals surface area contributed by atoms with Crippen LogP contribution < -0.4 is 4.74 Å². The summed E-state index contributed by atoms with van der Waals surface area (Å²) in [6.45, 7) is 5.60. The Hall–Kier alpha value is -3.15. The molecule has 1 N–H and O–H groups in total. The number of allylic oxidation sites excluding steroid dienone is 1. The predicted octanol–water partition coefficient (Wildman–Crippen LogP) is 6.74. The average Bonchev–Trinajstić information content (AvgIpc) is 3.40. The normalized spacial score (nSPS) is 11.9. The second-order valence-electron chi connectivity index (χ2n) is 6.61. The molecule has 6 heteroatoms. The van der Waals surface area contributed by atoms with Crippen LogP contribution in [0.25, 0.3) is 22.0 Å². The molecule has 2 aromatic carbocycles. The van der Waals surface area contributed by atoms with Gasteiger partial charge in [0.15, 0.2) is 0 Å². The third kappa shape index (κ3) is 3.82. The molecule has 4 rings (SSSR count). The highest BCUT2D eigenvalue weighted by Crippen LogP contribution is 2.42. The molecule has 0 radical (unpaired) electrons. The zero-order chi connectivity index (χ0) is 21.1. The van der Waals surface area contributed by atoms with Crippen LogP contribution in [0, 0.1) is 0 Å². The Morgan fingerprint density at radius 2 is 2.07 bits per heavy atom. The van der Waals surface area contributed by atoms with Gasteiger partial charge in [0, 0.05) is 22.6 Å². The summed E-state index contributed by atoms with van der Waals surface area (Å²) < 4.78 is 6.30. The first kappa shape index (κ1) is 20.1. The molecule has 0 aliphatic heterocycles. The number of hydrogen-bond donors (Lipinski definition) is 1. The zero-order valence-electron chi connectivity index (χ0n) is 16.3. The third-order valence-corrected chi connectivity index (χ3v) is 6.03. The van der Waals surface area contributed by atoms with E-state index in [0.717, 1.165) is 55.6 Å². The summed E-state index contributed by atoms with van der Waals surface area (Å²) in [6.07, 6.45) is 3.70. The van der Waals surface area contributed by atoms with Gasteiger partial charge < -0.3 is 4.74 Å². The van der Waals surface area contributed by atoms with E-state index in [2.05, 4.69) is 29.8 Å². The Labute approximate surface area is 183 Å². The van der Waals surface area contributed by atoms with Crippen LogP contribution in [0.15, 0.2) is 72.8 Å². The number of esters is 1. The summed E-state index contributed by atoms with van der Waals surface area (Å²) in [5.74, 6) is -0.0271. The minimum absolute atomic E-state index is 0.474. The lowest BCUT2D eigenvalue weighted by Crippen LogP contribution is -2.06. The van der Waals surface area contributed by atoms with E-state index in [1.165, 1.54) is 11.3 Å². The van der Waals surface area contributed by atoms with Gasteiger partial charge in [0.1, 0.15) is 10.1 Å². The average molecular weight is 435 g/mol. The second kappa shape index (κ2) is 8.69. The van der Waals surface area contributed by atoms with Crippen LogP contribution in [-0.2, 0) is 4.79 Å². The number of nitrogens with zero attached hydrogens (tertiary/aromatic N) is 1. The van der Waals surface area contributed by atoms with E-state index in [4.69, 9.17) is 16.3 Å². The standard InChI is InChI=1S/C24H19ClN2O2S/c1-3-17(18-11-12-30-24(18)25)23(15-9-10-20-16(13-15)14-26-27-20)19-7-5-6-8-21(19)29-22(28)4-2/h4-14H,2-3H2,1H3,(H,26,27)/b23-17+. The number of halogens is 1. The number of nitrogens with one attached hydrogen (secondary N) is 1. The first-order valence-corrected chi connectivity index (χ1v) is 10.7. The lowest BCUT2D eigenvalue weighted by Gasteiger charge is -2.18. The van der Waals surface area contributed by atoms with Gasteiger partial charge in [-0.3, -0.25) is 5.10 Å². The molecule has 0 bridgehead atoms. The molecule has 0 unspecified atom stereocenters. The lowest BCUT2D eigenvalue weighted by molar-refractivity contribution is -0.128. The molecular formula is C24H19ClN2O2S. The third-order valence-electron chi connectivity index (χ3n) is 4.86. The van der Waals surface area contributed by atoms with Crippen LogP contribution in [0.1, 0.15) is 30.0 Å². The molecule has 0 aliphatic rings. The van der Waals surface area contributed by atoms with Crippen LogP contribution in [0.5, 0.6) is 5.75 Å². The Kier molecular flexibility index (Phi) is 5.84. The number of rotatable bonds is 6. The summed E-state index contributed by atoms with van der Waals surface area (Å²) >= 11 is 8.02. The number of para-hydroxylation sites is 1. The smallest absolute Gasteiger partial charge is 0.335 e. The maximum absolute atomic E-state index is 12.0. The van der Waals surface area contributed by atoms with Crippen molar-refractivity contribution in [1.82, 2.24) is 10.2 Å². The molecule has 150 valence electrons. The van der Waals surface area contributed by atoms with Crippen molar-refractivity contribution in [2.75, 3.05) is 0 Å². The zero-order valence-corrected chi connectivity index (χ0v) is 17.9. The van der Waals surface area contributed by atoms with Gasteiger partial charge in [-0.2, -0.15) is 5.10 Å². The van der Waals surface area contributed by atoms with Crippen molar-refractivity contribution in [2.45, 2.75) is 13.3 Å². The lowest BCUT2D eigenvalue weighted by atomic mass is 9.88. The number of hydrogen-bond acceptors (Lipinski definition) is 4. The summed E-state index contributed by atoms with van der Waals surface area (Å²) in [5, 5.41) is 10.1. The van der Waals surface area contributed by atoms with Gasteiger partial charge in [-0.1, -0.05) is 49.4 Å². The highest BCUT2D eigenvalue weighted by Gasteiger charge is 2.20. The van der Waals surface area contributed by atoms with E-state index < -0.39 is 5.97 Å². The van der Waals surface area contributed by atoms with E-state index in [9.17, 15) is 4.79 Å². The maximum Gasteiger partial charge on any atom is 0.335 e. The molecule has 0 saturated heterocycles.